The lowest BCUT2D eigenvalue weighted by atomic mass is 10.1. The molecule has 0 bridgehead atoms. The smallest absolute Gasteiger partial charge is 0.246 e. The summed E-state index contributed by atoms with van der Waals surface area (Å²) in [6.07, 6.45) is 0.120. The van der Waals surface area contributed by atoms with E-state index >= 15 is 0 Å². The first kappa shape index (κ1) is 22.0. The predicted octanol–water partition coefficient (Wildman–Crippen LogP) is 4.43. The Morgan fingerprint density at radius 3 is 2.26 bits per heavy atom. The van der Waals surface area contributed by atoms with Crippen molar-refractivity contribution in [2.75, 3.05) is 12.4 Å². The molecule has 0 saturated carbocycles. The van der Waals surface area contributed by atoms with Crippen molar-refractivity contribution in [1.29, 1.82) is 0 Å². The van der Waals surface area contributed by atoms with Crippen LogP contribution < -0.4 is 10.1 Å². The van der Waals surface area contributed by atoms with Crippen LogP contribution in [0.1, 0.15) is 18.1 Å². The molecule has 3 aromatic rings. The highest BCUT2D eigenvalue weighted by atomic mass is 19.1. The largest absolute Gasteiger partial charge is 0.497 e. The van der Waals surface area contributed by atoms with Crippen LogP contribution in [0.3, 0.4) is 0 Å². The van der Waals surface area contributed by atoms with Crippen molar-refractivity contribution in [2.24, 2.45) is 0 Å². The van der Waals surface area contributed by atoms with Gasteiger partial charge in [-0.25, -0.2) is 4.39 Å². The second-order valence-corrected chi connectivity index (χ2v) is 7.17. The number of anilines is 1. The fraction of sp³-hybridized carbons (Fsp3) is 0.200. The molecule has 3 aromatic carbocycles. The Labute approximate surface area is 181 Å². The topological polar surface area (TPSA) is 58.6 Å². The zero-order chi connectivity index (χ0) is 22.2. The minimum absolute atomic E-state index is 0.00443. The zero-order valence-electron chi connectivity index (χ0n) is 17.5. The van der Waals surface area contributed by atoms with Gasteiger partial charge in [-0.1, -0.05) is 48.5 Å². The molecule has 0 aliphatic carbocycles. The van der Waals surface area contributed by atoms with Gasteiger partial charge in [0.05, 0.1) is 13.5 Å². The van der Waals surface area contributed by atoms with E-state index in [0.29, 0.717) is 17.0 Å². The third-order valence-corrected chi connectivity index (χ3v) is 5.02. The lowest BCUT2D eigenvalue weighted by Gasteiger charge is -2.29. The van der Waals surface area contributed by atoms with Crippen LogP contribution in [0.15, 0.2) is 78.9 Å². The average molecular weight is 420 g/mol. The highest BCUT2D eigenvalue weighted by molar-refractivity contribution is 5.97. The van der Waals surface area contributed by atoms with Gasteiger partial charge in [0.1, 0.15) is 17.6 Å². The van der Waals surface area contributed by atoms with Crippen molar-refractivity contribution in [2.45, 2.75) is 25.9 Å². The van der Waals surface area contributed by atoms with Crippen LogP contribution in [-0.2, 0) is 22.6 Å². The minimum Gasteiger partial charge on any atom is -0.497 e. The summed E-state index contributed by atoms with van der Waals surface area (Å²) in [5.74, 6) is -0.359. The van der Waals surface area contributed by atoms with Crippen LogP contribution in [0.25, 0.3) is 0 Å². The number of rotatable bonds is 8. The fourth-order valence-electron chi connectivity index (χ4n) is 3.19. The van der Waals surface area contributed by atoms with Gasteiger partial charge in [-0.2, -0.15) is 0 Å². The summed E-state index contributed by atoms with van der Waals surface area (Å²) in [5.41, 5.74) is 1.76. The predicted molar refractivity (Wildman–Crippen MR) is 118 cm³/mol. The van der Waals surface area contributed by atoms with Crippen LogP contribution in [0.2, 0.25) is 0 Å². The van der Waals surface area contributed by atoms with Crippen molar-refractivity contribution in [3.05, 3.63) is 95.8 Å². The average Bonchev–Trinajstić information content (AvgIpc) is 2.79. The Morgan fingerprint density at radius 1 is 0.968 bits per heavy atom. The molecule has 0 aromatic heterocycles. The van der Waals surface area contributed by atoms with E-state index < -0.39 is 11.9 Å². The first-order valence-electron chi connectivity index (χ1n) is 9.99. The standard InChI is InChI=1S/C25H25FN2O3/c1-18(25(30)27-21-12-14-22(31-2)15-13-21)28(17-20-10-6-7-11-23(20)26)24(29)16-19-8-4-3-5-9-19/h3-15,18H,16-17H2,1-2H3,(H,27,30). The van der Waals surface area contributed by atoms with E-state index in [1.807, 2.05) is 30.3 Å². The summed E-state index contributed by atoms with van der Waals surface area (Å²) in [5, 5.41) is 2.81. The minimum atomic E-state index is -0.807. The Balaban J connectivity index is 1.80. The molecule has 0 heterocycles. The first-order valence-corrected chi connectivity index (χ1v) is 9.99. The molecule has 0 spiro atoms. The number of carbonyl (C=O) groups excluding carboxylic acids is 2. The molecule has 31 heavy (non-hydrogen) atoms. The lowest BCUT2D eigenvalue weighted by Crippen LogP contribution is -2.46. The number of benzene rings is 3. The van der Waals surface area contributed by atoms with Gasteiger partial charge >= 0.3 is 0 Å². The van der Waals surface area contributed by atoms with Crippen LogP contribution >= 0.6 is 0 Å². The number of hydrogen-bond donors (Lipinski definition) is 1. The molecule has 0 saturated heterocycles. The summed E-state index contributed by atoms with van der Waals surface area (Å²) in [7, 11) is 1.56. The number of ether oxygens (including phenoxy) is 1. The van der Waals surface area contributed by atoms with Gasteiger partial charge in [0, 0.05) is 17.8 Å². The Bertz CT molecular complexity index is 1020. The van der Waals surface area contributed by atoms with Gasteiger partial charge in [-0.15, -0.1) is 0 Å². The highest BCUT2D eigenvalue weighted by Crippen LogP contribution is 2.18. The fourth-order valence-corrected chi connectivity index (χ4v) is 3.19. The molecular weight excluding hydrogens is 395 g/mol. The molecule has 1 N–H and O–H groups in total. The van der Waals surface area contributed by atoms with Crippen molar-refractivity contribution in [3.63, 3.8) is 0 Å². The van der Waals surface area contributed by atoms with Crippen LogP contribution in [0.4, 0.5) is 10.1 Å². The van der Waals surface area contributed by atoms with E-state index in [0.717, 1.165) is 5.56 Å². The second kappa shape index (κ2) is 10.4. The molecule has 1 unspecified atom stereocenters. The Hall–Kier alpha value is -3.67. The molecule has 1 atom stereocenters. The van der Waals surface area contributed by atoms with Gasteiger partial charge in [0.2, 0.25) is 11.8 Å². The van der Waals surface area contributed by atoms with Crippen molar-refractivity contribution >= 4 is 17.5 Å². The lowest BCUT2D eigenvalue weighted by molar-refractivity contribution is -0.138. The molecule has 2 amide bonds. The third kappa shape index (κ3) is 5.92. The van der Waals surface area contributed by atoms with Gasteiger partial charge < -0.3 is 15.0 Å². The second-order valence-electron chi connectivity index (χ2n) is 7.17. The number of methoxy groups -OCH3 is 1. The molecule has 6 heteroatoms. The molecule has 5 nitrogen and oxygen atoms in total. The number of amides is 2. The van der Waals surface area contributed by atoms with E-state index in [1.54, 1.807) is 56.5 Å². The molecule has 3 rings (SSSR count). The van der Waals surface area contributed by atoms with E-state index in [-0.39, 0.29) is 24.8 Å². The maximum absolute atomic E-state index is 14.3. The van der Waals surface area contributed by atoms with Gasteiger partial charge in [-0.05, 0) is 42.8 Å². The number of nitrogens with one attached hydrogen (secondary N) is 1. The Morgan fingerprint density at radius 2 is 1.61 bits per heavy atom. The van der Waals surface area contributed by atoms with Crippen LogP contribution in [0.5, 0.6) is 5.75 Å². The van der Waals surface area contributed by atoms with Crippen molar-refractivity contribution in [3.8, 4) is 5.75 Å². The van der Waals surface area contributed by atoms with E-state index in [2.05, 4.69) is 5.32 Å². The van der Waals surface area contributed by atoms with Crippen molar-refractivity contribution < 1.29 is 18.7 Å². The summed E-state index contributed by atoms with van der Waals surface area (Å²) >= 11 is 0. The Kier molecular flexibility index (Phi) is 7.38. The van der Waals surface area contributed by atoms with E-state index in [9.17, 15) is 14.0 Å². The normalized spacial score (nSPS) is 11.5. The number of nitrogens with zero attached hydrogens (tertiary/aromatic N) is 1. The van der Waals surface area contributed by atoms with Crippen molar-refractivity contribution in [1.82, 2.24) is 4.90 Å². The zero-order valence-corrected chi connectivity index (χ0v) is 17.5. The molecule has 160 valence electrons. The van der Waals surface area contributed by atoms with E-state index in [4.69, 9.17) is 4.74 Å². The molecule has 0 radical (unpaired) electrons. The molecule has 0 aliphatic heterocycles. The third-order valence-electron chi connectivity index (χ3n) is 5.02. The SMILES string of the molecule is COc1ccc(NC(=O)C(C)N(Cc2ccccc2F)C(=O)Cc2ccccc2)cc1. The quantitative estimate of drug-likeness (QED) is 0.586. The number of halogens is 1. The van der Waals surface area contributed by atoms with Gasteiger partial charge in [-0.3, -0.25) is 9.59 Å². The molecule has 0 fully saturated rings. The maximum atomic E-state index is 14.3. The summed E-state index contributed by atoms with van der Waals surface area (Å²) in [6, 6.07) is 21.6. The number of carbonyl (C=O) groups is 2. The molecule has 0 aliphatic rings. The van der Waals surface area contributed by atoms with Crippen LogP contribution in [0, 0.1) is 5.82 Å². The maximum Gasteiger partial charge on any atom is 0.246 e. The monoisotopic (exact) mass is 420 g/mol. The highest BCUT2D eigenvalue weighted by Gasteiger charge is 2.27. The van der Waals surface area contributed by atoms with Gasteiger partial charge in [0.25, 0.3) is 0 Å². The molecular formula is C25H25FN2O3. The number of hydrogen-bond acceptors (Lipinski definition) is 3. The first-order chi connectivity index (χ1) is 15.0. The summed E-state index contributed by atoms with van der Waals surface area (Å²) in [6.45, 7) is 1.64. The van der Waals surface area contributed by atoms with Crippen LogP contribution in [-0.4, -0.2) is 29.9 Å². The summed E-state index contributed by atoms with van der Waals surface area (Å²) in [4.78, 5) is 27.4. The van der Waals surface area contributed by atoms with Gasteiger partial charge in [0.15, 0.2) is 0 Å². The van der Waals surface area contributed by atoms with E-state index in [1.165, 1.54) is 11.0 Å². The summed E-state index contributed by atoms with van der Waals surface area (Å²) < 4.78 is 19.4.